The van der Waals surface area contributed by atoms with Crippen LogP contribution in [0.3, 0.4) is 0 Å². The molecule has 3 fully saturated rings. The van der Waals surface area contributed by atoms with Crippen LogP contribution in [0.1, 0.15) is 25.7 Å². The van der Waals surface area contributed by atoms with Gasteiger partial charge in [-0.3, -0.25) is 8.75 Å². The van der Waals surface area contributed by atoms with E-state index in [9.17, 15) is 4.79 Å². The minimum Gasteiger partial charge on any atom is -0.301 e. The number of aromatic nitrogens is 1. The first-order chi connectivity index (χ1) is 10.3. The predicted molar refractivity (Wildman–Crippen MR) is 95.2 cm³/mol. The summed E-state index contributed by atoms with van der Waals surface area (Å²) in [5.41, 5.74) is 0.188. The van der Waals surface area contributed by atoms with E-state index in [0.717, 1.165) is 35.0 Å². The number of hydrogen-bond acceptors (Lipinski definition) is 3. The van der Waals surface area contributed by atoms with Gasteiger partial charge >= 0.3 is 0 Å². The van der Waals surface area contributed by atoms with E-state index in [0.29, 0.717) is 0 Å². The largest absolute Gasteiger partial charge is 0.301 e. The number of hydrogen-bond donors (Lipinski definition) is 0. The highest BCUT2D eigenvalue weighted by atomic mass is 35.5. The maximum absolute atomic E-state index is 12.4. The Morgan fingerprint density at radius 3 is 2.27 bits per heavy atom. The highest BCUT2D eigenvalue weighted by Gasteiger charge is 2.29. The first-order valence-corrected chi connectivity index (χ1v) is 8.88. The van der Waals surface area contributed by atoms with Crippen LogP contribution in [0.4, 0.5) is 0 Å². The van der Waals surface area contributed by atoms with Crippen LogP contribution in [-0.4, -0.2) is 28.5 Å². The van der Waals surface area contributed by atoms with Crippen LogP contribution in [-0.2, 0) is 6.54 Å². The van der Waals surface area contributed by atoms with Crippen LogP contribution in [0.15, 0.2) is 29.1 Å². The molecule has 3 aliphatic rings. The predicted octanol–water partition coefficient (Wildman–Crippen LogP) is 3.61. The third kappa shape index (κ3) is 3.10. The molecule has 1 aromatic heterocycles. The van der Waals surface area contributed by atoms with Crippen LogP contribution in [0, 0.1) is 11.8 Å². The van der Waals surface area contributed by atoms with Crippen molar-refractivity contribution in [2.24, 2.45) is 11.8 Å². The molecule has 3 heterocycles. The molecule has 0 spiro atoms. The van der Waals surface area contributed by atoms with Gasteiger partial charge in [-0.05, 0) is 49.7 Å². The van der Waals surface area contributed by atoms with Gasteiger partial charge in [-0.2, -0.15) is 0 Å². The van der Waals surface area contributed by atoms with Gasteiger partial charge in [0.05, 0.1) is 10.1 Å². The molecule has 22 heavy (non-hydrogen) atoms. The average Bonchev–Trinajstić information content (AvgIpc) is 2.68. The summed E-state index contributed by atoms with van der Waals surface area (Å²) in [6.07, 6.45) is 5.68. The Balaban J connectivity index is 0.00000144. The minimum absolute atomic E-state index is 0. The van der Waals surface area contributed by atoms with E-state index in [4.69, 9.17) is 0 Å². The molecule has 0 N–H and O–H groups in total. The van der Waals surface area contributed by atoms with Crippen molar-refractivity contribution in [1.29, 1.82) is 0 Å². The SMILES string of the molecule is Cl.O=c1c2ccccc2sn1CCN1CC2CCC(CC2)C1. The second-order valence-corrected chi connectivity index (χ2v) is 7.70. The van der Waals surface area contributed by atoms with Gasteiger partial charge in [-0.25, -0.2) is 0 Å². The monoisotopic (exact) mass is 338 g/mol. The molecule has 0 amide bonds. The summed E-state index contributed by atoms with van der Waals surface area (Å²) >= 11 is 1.61. The third-order valence-corrected chi connectivity index (χ3v) is 6.29. The van der Waals surface area contributed by atoms with Gasteiger partial charge < -0.3 is 4.90 Å². The molecule has 2 saturated heterocycles. The zero-order chi connectivity index (χ0) is 14.2. The van der Waals surface area contributed by atoms with Crippen LogP contribution < -0.4 is 5.56 Å². The van der Waals surface area contributed by atoms with Crippen molar-refractivity contribution in [3.05, 3.63) is 34.6 Å². The van der Waals surface area contributed by atoms with Crippen LogP contribution in [0.5, 0.6) is 0 Å². The Labute approximate surface area is 141 Å². The molecular formula is C17H23ClN2OS. The van der Waals surface area contributed by atoms with Gasteiger partial charge in [0.25, 0.3) is 5.56 Å². The summed E-state index contributed by atoms with van der Waals surface area (Å²) in [7, 11) is 0. The van der Waals surface area contributed by atoms with Gasteiger partial charge in [-0.1, -0.05) is 23.7 Å². The lowest BCUT2D eigenvalue weighted by Gasteiger charge is -2.21. The van der Waals surface area contributed by atoms with Crippen molar-refractivity contribution in [3.63, 3.8) is 0 Å². The van der Waals surface area contributed by atoms with Gasteiger partial charge in [0.2, 0.25) is 0 Å². The maximum atomic E-state index is 12.4. The lowest BCUT2D eigenvalue weighted by Crippen LogP contribution is -2.32. The molecule has 1 aliphatic carbocycles. The Kier molecular flexibility index (Phi) is 4.91. The van der Waals surface area contributed by atoms with Crippen molar-refractivity contribution >= 4 is 34.0 Å². The number of halogens is 1. The van der Waals surface area contributed by atoms with Crippen molar-refractivity contribution in [2.75, 3.05) is 19.6 Å². The molecule has 2 aromatic rings. The summed E-state index contributed by atoms with van der Waals surface area (Å²) in [6.45, 7) is 4.36. The van der Waals surface area contributed by atoms with Crippen LogP contribution in [0.2, 0.25) is 0 Å². The summed E-state index contributed by atoms with van der Waals surface area (Å²) < 4.78 is 3.05. The van der Waals surface area contributed by atoms with E-state index in [2.05, 4.69) is 4.90 Å². The summed E-state index contributed by atoms with van der Waals surface area (Å²) in [5, 5.41) is 0.874. The molecule has 2 bridgehead atoms. The lowest BCUT2D eigenvalue weighted by molar-refractivity contribution is 0.245. The third-order valence-electron chi connectivity index (χ3n) is 5.17. The Morgan fingerprint density at radius 2 is 1.64 bits per heavy atom. The van der Waals surface area contributed by atoms with Crippen LogP contribution in [0.25, 0.3) is 10.1 Å². The van der Waals surface area contributed by atoms with Gasteiger partial charge in [0.15, 0.2) is 0 Å². The summed E-state index contributed by atoms with van der Waals surface area (Å²) in [4.78, 5) is 15.0. The molecule has 2 aliphatic heterocycles. The first-order valence-electron chi connectivity index (χ1n) is 8.11. The van der Waals surface area contributed by atoms with Crippen molar-refractivity contribution in [2.45, 2.75) is 32.2 Å². The zero-order valence-electron chi connectivity index (χ0n) is 12.7. The van der Waals surface area contributed by atoms with Gasteiger partial charge in [0.1, 0.15) is 0 Å². The summed E-state index contributed by atoms with van der Waals surface area (Å²) in [6, 6.07) is 7.95. The minimum atomic E-state index is 0. The fourth-order valence-corrected chi connectivity index (χ4v) is 4.97. The fourth-order valence-electron chi connectivity index (χ4n) is 3.98. The molecule has 1 aromatic carbocycles. The molecule has 5 heteroatoms. The van der Waals surface area contributed by atoms with E-state index in [-0.39, 0.29) is 18.0 Å². The summed E-state index contributed by atoms with van der Waals surface area (Å²) in [5.74, 6) is 1.81. The zero-order valence-corrected chi connectivity index (χ0v) is 14.4. The molecule has 0 radical (unpaired) electrons. The van der Waals surface area contributed by atoms with E-state index in [1.807, 2.05) is 28.2 Å². The van der Waals surface area contributed by atoms with Gasteiger partial charge in [0, 0.05) is 26.2 Å². The van der Waals surface area contributed by atoms with E-state index in [1.54, 1.807) is 11.5 Å². The smallest absolute Gasteiger partial charge is 0.268 e. The highest BCUT2D eigenvalue weighted by Crippen LogP contribution is 2.33. The molecule has 0 unspecified atom stereocenters. The second-order valence-electron chi connectivity index (χ2n) is 6.64. The quantitative estimate of drug-likeness (QED) is 0.854. The molecule has 3 nitrogen and oxygen atoms in total. The van der Waals surface area contributed by atoms with Crippen molar-refractivity contribution < 1.29 is 0 Å². The lowest BCUT2D eigenvalue weighted by atomic mass is 9.84. The number of fused-ring (bicyclic) bond motifs is 5. The van der Waals surface area contributed by atoms with E-state index >= 15 is 0 Å². The molecule has 5 rings (SSSR count). The average molecular weight is 339 g/mol. The fraction of sp³-hybridized carbons (Fsp3) is 0.588. The molecule has 0 atom stereocenters. The topological polar surface area (TPSA) is 25.2 Å². The second kappa shape index (κ2) is 6.73. The molecule has 120 valence electrons. The number of rotatable bonds is 3. The molecule has 1 saturated carbocycles. The van der Waals surface area contributed by atoms with Crippen molar-refractivity contribution in [1.82, 2.24) is 8.86 Å². The van der Waals surface area contributed by atoms with Crippen LogP contribution >= 0.6 is 23.9 Å². The van der Waals surface area contributed by atoms with E-state index in [1.165, 1.54) is 38.8 Å². The van der Waals surface area contributed by atoms with Gasteiger partial charge in [-0.15, -0.1) is 12.4 Å². The Bertz CT molecular complexity index is 673. The Hall–Kier alpha value is -0.840. The number of benzene rings is 1. The first kappa shape index (κ1) is 16.0. The number of nitrogens with zero attached hydrogens (tertiary/aromatic N) is 2. The standard InChI is InChI=1S/C17H22N2OS.ClH/c20-17-15-3-1-2-4-16(15)21-19(17)10-9-18-11-13-5-6-14(12-18)8-7-13;/h1-4,13-14H,5-12H2;1H. The van der Waals surface area contributed by atoms with Crippen molar-refractivity contribution in [3.8, 4) is 0 Å². The molecular weight excluding hydrogens is 316 g/mol. The maximum Gasteiger partial charge on any atom is 0.268 e. The van der Waals surface area contributed by atoms with E-state index < -0.39 is 0 Å². The Morgan fingerprint density at radius 1 is 1.00 bits per heavy atom. The highest BCUT2D eigenvalue weighted by molar-refractivity contribution is 7.13. The normalized spacial score (nSPS) is 25.1.